The number of carbonyl (C=O) groups is 1. The van der Waals surface area contributed by atoms with Crippen LogP contribution in [-0.4, -0.2) is 41.2 Å². The van der Waals surface area contributed by atoms with Gasteiger partial charge in [0.25, 0.3) is 0 Å². The van der Waals surface area contributed by atoms with E-state index in [-0.39, 0.29) is 11.1 Å². The lowest BCUT2D eigenvalue weighted by Gasteiger charge is -2.18. The first kappa shape index (κ1) is 27.8. The van der Waals surface area contributed by atoms with Crippen molar-refractivity contribution in [1.29, 1.82) is 0 Å². The molecule has 3 N–H and O–H groups in total. The van der Waals surface area contributed by atoms with Crippen molar-refractivity contribution < 1.29 is 13.9 Å². The molecule has 2 heterocycles. The van der Waals surface area contributed by atoms with Gasteiger partial charge in [-0.25, -0.2) is 19.2 Å². The molecule has 0 radical (unpaired) electrons. The Kier molecular flexibility index (Phi) is 8.59. The molecule has 4 rings (SSSR count). The molecule has 0 saturated carbocycles. The van der Waals surface area contributed by atoms with E-state index in [1.165, 1.54) is 11.6 Å². The monoisotopic (exact) mass is 530 g/mol. The molecule has 0 fully saturated rings. The molecule has 2 aromatic carbocycles. The van der Waals surface area contributed by atoms with Gasteiger partial charge in [-0.1, -0.05) is 32.9 Å². The highest BCUT2D eigenvalue weighted by molar-refractivity contribution is 5.91. The first-order chi connectivity index (χ1) is 18.6. The van der Waals surface area contributed by atoms with E-state index in [0.29, 0.717) is 24.7 Å². The number of fused-ring (bicyclic) bond motifs is 1. The van der Waals surface area contributed by atoms with Crippen LogP contribution in [0.15, 0.2) is 54.9 Å². The molecular formula is C30H35FN6O2. The summed E-state index contributed by atoms with van der Waals surface area (Å²) in [6, 6.07) is 12.5. The van der Waals surface area contributed by atoms with Crippen LogP contribution in [0, 0.1) is 18.2 Å². The van der Waals surface area contributed by atoms with E-state index < -0.39 is 11.8 Å². The molecule has 0 aliphatic heterocycles. The van der Waals surface area contributed by atoms with Gasteiger partial charge in [-0.05, 0) is 72.2 Å². The smallest absolute Gasteiger partial charge is 0.319 e. The van der Waals surface area contributed by atoms with E-state index in [0.717, 1.165) is 40.7 Å². The number of nitrogens with zero attached hydrogens (tertiary/aromatic N) is 3. The average molecular weight is 531 g/mol. The fraction of sp³-hybridized carbons (Fsp3) is 0.333. The Bertz CT molecular complexity index is 1450. The van der Waals surface area contributed by atoms with Gasteiger partial charge in [0.1, 0.15) is 11.6 Å². The number of anilines is 2. The number of rotatable bonds is 9. The van der Waals surface area contributed by atoms with Crippen molar-refractivity contribution in [2.24, 2.45) is 5.41 Å². The Labute approximate surface area is 228 Å². The van der Waals surface area contributed by atoms with Gasteiger partial charge >= 0.3 is 6.03 Å². The Balaban J connectivity index is 1.44. The molecule has 204 valence electrons. The Morgan fingerprint density at radius 3 is 2.51 bits per heavy atom. The maximum Gasteiger partial charge on any atom is 0.319 e. The number of nitrogens with one attached hydrogen (secondary N) is 3. The first-order valence-electron chi connectivity index (χ1n) is 13.0. The number of aromatic nitrogens is 3. The van der Waals surface area contributed by atoms with Crippen molar-refractivity contribution >= 4 is 28.7 Å². The molecule has 8 nitrogen and oxygen atoms in total. The van der Waals surface area contributed by atoms with Gasteiger partial charge < -0.3 is 20.7 Å². The van der Waals surface area contributed by atoms with Crippen LogP contribution < -0.4 is 20.7 Å². The van der Waals surface area contributed by atoms with Crippen LogP contribution in [0.1, 0.15) is 38.3 Å². The number of carbonyl (C=O) groups excluding carboxylic acids is 1. The van der Waals surface area contributed by atoms with Crippen molar-refractivity contribution in [3.63, 3.8) is 0 Å². The van der Waals surface area contributed by atoms with Crippen molar-refractivity contribution in [3.05, 3.63) is 71.8 Å². The maximum atomic E-state index is 14.7. The molecule has 9 heteroatoms. The minimum Gasteiger partial charge on any atom is -0.497 e. The highest BCUT2D eigenvalue weighted by Crippen LogP contribution is 2.30. The fourth-order valence-corrected chi connectivity index (χ4v) is 4.06. The van der Waals surface area contributed by atoms with E-state index >= 15 is 0 Å². The van der Waals surface area contributed by atoms with Crippen LogP contribution in [0.3, 0.4) is 0 Å². The number of urea groups is 1. The van der Waals surface area contributed by atoms with Crippen LogP contribution in [0.4, 0.5) is 20.8 Å². The van der Waals surface area contributed by atoms with Crippen molar-refractivity contribution in [1.82, 2.24) is 20.3 Å². The molecule has 2 aromatic heterocycles. The normalized spacial score (nSPS) is 11.3. The highest BCUT2D eigenvalue weighted by atomic mass is 19.1. The van der Waals surface area contributed by atoms with Gasteiger partial charge in [-0.2, -0.15) is 4.98 Å². The molecule has 0 saturated heterocycles. The summed E-state index contributed by atoms with van der Waals surface area (Å²) in [4.78, 5) is 25.8. The Morgan fingerprint density at radius 1 is 1.03 bits per heavy atom. The molecule has 0 atom stereocenters. The second-order valence-corrected chi connectivity index (χ2v) is 10.7. The molecule has 0 aliphatic carbocycles. The summed E-state index contributed by atoms with van der Waals surface area (Å²) in [5, 5.41) is 9.42. The van der Waals surface area contributed by atoms with E-state index in [4.69, 9.17) is 4.74 Å². The quantitative estimate of drug-likeness (QED) is 0.233. The lowest BCUT2D eigenvalue weighted by Crippen LogP contribution is -2.31. The van der Waals surface area contributed by atoms with E-state index in [9.17, 15) is 9.18 Å². The third kappa shape index (κ3) is 7.63. The predicted molar refractivity (Wildman–Crippen MR) is 154 cm³/mol. The number of amides is 2. The van der Waals surface area contributed by atoms with Gasteiger partial charge in [0.05, 0.1) is 12.8 Å². The number of benzene rings is 2. The van der Waals surface area contributed by atoms with Gasteiger partial charge in [0.15, 0.2) is 5.65 Å². The SMILES string of the molecule is COc1ccc(CCNc2ncc3cc(-c4cc(NC(=O)NCCC(C)(C)C)c(F)cc4C)cnc3n2)cc1. The average Bonchev–Trinajstić information content (AvgIpc) is 2.89. The fourth-order valence-electron chi connectivity index (χ4n) is 4.06. The highest BCUT2D eigenvalue weighted by Gasteiger charge is 2.14. The van der Waals surface area contributed by atoms with E-state index in [2.05, 4.69) is 51.7 Å². The molecule has 4 aromatic rings. The number of aryl methyl sites for hydroxylation is 1. The van der Waals surface area contributed by atoms with E-state index in [1.54, 1.807) is 25.6 Å². The summed E-state index contributed by atoms with van der Waals surface area (Å²) in [5.41, 5.74) is 4.20. The minimum absolute atomic E-state index is 0.0937. The third-order valence-corrected chi connectivity index (χ3v) is 6.32. The molecule has 2 amide bonds. The largest absolute Gasteiger partial charge is 0.497 e. The molecular weight excluding hydrogens is 495 g/mol. The van der Waals surface area contributed by atoms with Gasteiger partial charge in [-0.15, -0.1) is 0 Å². The molecule has 39 heavy (non-hydrogen) atoms. The molecule has 0 aliphatic rings. The van der Waals surface area contributed by atoms with Crippen LogP contribution >= 0.6 is 0 Å². The van der Waals surface area contributed by atoms with Crippen LogP contribution in [0.5, 0.6) is 5.75 Å². The number of halogens is 1. The lowest BCUT2D eigenvalue weighted by molar-refractivity contribution is 0.250. The van der Waals surface area contributed by atoms with Crippen LogP contribution in [0.2, 0.25) is 0 Å². The second kappa shape index (κ2) is 12.1. The first-order valence-corrected chi connectivity index (χ1v) is 13.0. The number of pyridine rings is 1. The van der Waals surface area contributed by atoms with Gasteiger partial charge in [0, 0.05) is 36.4 Å². The second-order valence-electron chi connectivity index (χ2n) is 10.7. The van der Waals surface area contributed by atoms with Crippen molar-refractivity contribution in [2.45, 2.75) is 40.5 Å². The summed E-state index contributed by atoms with van der Waals surface area (Å²) >= 11 is 0. The maximum absolute atomic E-state index is 14.7. The summed E-state index contributed by atoms with van der Waals surface area (Å²) in [6.45, 7) is 9.29. The molecule has 0 spiro atoms. The summed E-state index contributed by atoms with van der Waals surface area (Å²) in [7, 11) is 1.65. The number of hydrogen-bond donors (Lipinski definition) is 3. The minimum atomic E-state index is -0.496. The van der Waals surface area contributed by atoms with Crippen molar-refractivity contribution in [3.8, 4) is 16.9 Å². The topological polar surface area (TPSA) is 101 Å². The van der Waals surface area contributed by atoms with Gasteiger partial charge in [-0.3, -0.25) is 0 Å². The van der Waals surface area contributed by atoms with E-state index in [1.807, 2.05) is 37.3 Å². The molecule has 0 unspecified atom stereocenters. The Hall–Kier alpha value is -4.27. The zero-order valence-corrected chi connectivity index (χ0v) is 23.1. The van der Waals surface area contributed by atoms with Crippen LogP contribution in [-0.2, 0) is 6.42 Å². The third-order valence-electron chi connectivity index (χ3n) is 6.32. The molecule has 0 bridgehead atoms. The van der Waals surface area contributed by atoms with Crippen LogP contribution in [0.25, 0.3) is 22.2 Å². The lowest BCUT2D eigenvalue weighted by atomic mass is 9.92. The number of hydrogen-bond acceptors (Lipinski definition) is 6. The number of ether oxygens (including phenoxy) is 1. The summed E-state index contributed by atoms with van der Waals surface area (Å²) < 4.78 is 19.9. The Morgan fingerprint density at radius 2 is 1.79 bits per heavy atom. The standard InChI is InChI=1S/C30H35FN6O2/c1-19-14-25(31)26(36-29(38)33-13-11-30(2,3)4)16-24(19)21-15-22-18-35-28(37-27(22)34-17-21)32-12-10-20-6-8-23(39-5)9-7-20/h6-9,14-18H,10-13H2,1-5H3,(H2,33,36,38)(H,32,34,35,37). The van der Waals surface area contributed by atoms with Gasteiger partial charge in [0.2, 0.25) is 5.95 Å². The summed E-state index contributed by atoms with van der Waals surface area (Å²) in [6.07, 6.45) is 5.04. The predicted octanol–water partition coefficient (Wildman–Crippen LogP) is 6.36. The number of methoxy groups -OCH3 is 1. The van der Waals surface area contributed by atoms with Crippen molar-refractivity contribution in [2.75, 3.05) is 30.8 Å². The zero-order valence-electron chi connectivity index (χ0n) is 23.1. The summed E-state index contributed by atoms with van der Waals surface area (Å²) in [5.74, 6) is 0.832. The zero-order chi connectivity index (χ0) is 28.0.